The van der Waals surface area contributed by atoms with Crippen molar-refractivity contribution in [2.45, 2.75) is 6.54 Å². The number of morpholine rings is 1. The monoisotopic (exact) mass is 436 g/mol. The molecule has 1 aliphatic rings. The highest BCUT2D eigenvalue weighted by Crippen LogP contribution is 2.17. The van der Waals surface area contributed by atoms with Crippen molar-refractivity contribution in [2.75, 3.05) is 32.8 Å². The Labute approximate surface area is 183 Å². The maximum absolute atomic E-state index is 13.2. The van der Waals surface area contributed by atoms with Gasteiger partial charge >= 0.3 is 0 Å². The number of nitrogens with zero attached hydrogens (tertiary/aromatic N) is 4. The molecule has 0 N–H and O–H groups in total. The largest absolute Gasteiger partial charge is 0.379 e. The number of halogens is 1. The van der Waals surface area contributed by atoms with E-state index in [2.05, 4.69) is 9.88 Å². The van der Waals surface area contributed by atoms with Gasteiger partial charge in [0.05, 0.1) is 40.7 Å². The number of aromatic nitrogens is 3. The Morgan fingerprint density at radius 3 is 2.42 bits per heavy atom. The Bertz CT molecular complexity index is 1390. The van der Waals surface area contributed by atoms with Crippen LogP contribution in [0.4, 0.5) is 0 Å². The summed E-state index contributed by atoms with van der Waals surface area (Å²) in [6.07, 6.45) is 3.45. The Kier molecular flexibility index (Phi) is 5.31. The summed E-state index contributed by atoms with van der Waals surface area (Å²) >= 11 is 6.09. The van der Waals surface area contributed by atoms with Crippen molar-refractivity contribution in [2.24, 2.45) is 0 Å². The van der Waals surface area contributed by atoms with E-state index in [1.54, 1.807) is 47.3 Å². The number of fused-ring (bicyclic) bond motifs is 2. The number of ether oxygens (including phenoxy) is 1. The number of hydrogen-bond acceptors (Lipinski definition) is 5. The molecule has 0 radical (unpaired) electrons. The first-order chi connectivity index (χ1) is 15.1. The van der Waals surface area contributed by atoms with E-state index >= 15 is 0 Å². The summed E-state index contributed by atoms with van der Waals surface area (Å²) in [6, 6.07) is 12.4. The summed E-state index contributed by atoms with van der Waals surface area (Å²) in [5.74, 6) is 0. The second kappa shape index (κ2) is 8.26. The van der Waals surface area contributed by atoms with Crippen molar-refractivity contribution in [3.63, 3.8) is 0 Å². The van der Waals surface area contributed by atoms with Crippen LogP contribution in [-0.2, 0) is 11.3 Å². The third-order valence-corrected chi connectivity index (χ3v) is 5.90. The van der Waals surface area contributed by atoms with Crippen molar-refractivity contribution in [1.82, 2.24) is 19.0 Å². The predicted octanol–water partition coefficient (Wildman–Crippen LogP) is 2.69. The summed E-state index contributed by atoms with van der Waals surface area (Å²) in [5, 5.41) is 1.39. The van der Waals surface area contributed by atoms with Crippen LogP contribution in [0.15, 0.2) is 64.4 Å². The summed E-state index contributed by atoms with van der Waals surface area (Å²) < 4.78 is 8.58. The first-order valence-electron chi connectivity index (χ1n) is 10.2. The summed E-state index contributed by atoms with van der Waals surface area (Å²) in [6.45, 7) is 4.55. The van der Waals surface area contributed by atoms with Crippen molar-refractivity contribution < 1.29 is 4.74 Å². The van der Waals surface area contributed by atoms with Gasteiger partial charge in [-0.3, -0.25) is 19.1 Å². The fraction of sp³-hybridized carbons (Fsp3) is 0.261. The molecular formula is C23H21ClN4O3. The third-order valence-electron chi connectivity index (χ3n) is 5.66. The minimum atomic E-state index is -0.239. The van der Waals surface area contributed by atoms with Gasteiger partial charge in [-0.1, -0.05) is 17.7 Å². The summed E-state index contributed by atoms with van der Waals surface area (Å²) in [7, 11) is 0. The van der Waals surface area contributed by atoms with Gasteiger partial charge in [-0.05, 0) is 36.4 Å². The van der Waals surface area contributed by atoms with Crippen molar-refractivity contribution >= 4 is 33.4 Å². The molecule has 158 valence electrons. The summed E-state index contributed by atoms with van der Waals surface area (Å²) in [5.41, 5.74) is 1.42. The van der Waals surface area contributed by atoms with Crippen LogP contribution in [0.3, 0.4) is 0 Å². The van der Waals surface area contributed by atoms with E-state index in [0.29, 0.717) is 39.1 Å². The van der Waals surface area contributed by atoms with E-state index in [4.69, 9.17) is 16.3 Å². The smallest absolute Gasteiger partial charge is 0.264 e. The van der Waals surface area contributed by atoms with Gasteiger partial charge < -0.3 is 9.30 Å². The molecule has 0 saturated carbocycles. The quantitative estimate of drug-likeness (QED) is 0.460. The highest BCUT2D eigenvalue weighted by Gasteiger charge is 2.13. The molecule has 8 heteroatoms. The molecule has 0 unspecified atom stereocenters. The Morgan fingerprint density at radius 1 is 0.903 bits per heavy atom. The Morgan fingerprint density at radius 2 is 1.65 bits per heavy atom. The predicted molar refractivity (Wildman–Crippen MR) is 121 cm³/mol. The third kappa shape index (κ3) is 3.87. The Balaban J connectivity index is 1.56. The van der Waals surface area contributed by atoms with Gasteiger partial charge in [-0.15, -0.1) is 0 Å². The lowest BCUT2D eigenvalue weighted by Gasteiger charge is -2.26. The normalized spacial score (nSPS) is 15.0. The van der Waals surface area contributed by atoms with Gasteiger partial charge in [0.2, 0.25) is 0 Å². The standard InChI is InChI=1S/C23H21ClN4O3/c24-16-2-1-3-17(14-16)28-7-5-21-19(23(28)30)15-18-20(25-21)4-6-27(22(18)29)9-8-26-10-12-31-13-11-26/h1-7,14-15H,8-13H2. The minimum Gasteiger partial charge on any atom is -0.379 e. The zero-order valence-corrected chi connectivity index (χ0v) is 17.6. The molecule has 0 bridgehead atoms. The number of hydrogen-bond donors (Lipinski definition) is 0. The van der Waals surface area contributed by atoms with E-state index < -0.39 is 0 Å². The molecule has 0 spiro atoms. The van der Waals surface area contributed by atoms with Crippen LogP contribution >= 0.6 is 11.6 Å². The average Bonchev–Trinajstić information content (AvgIpc) is 2.79. The molecule has 1 aliphatic heterocycles. The van der Waals surface area contributed by atoms with Crippen LogP contribution in [-0.4, -0.2) is 51.9 Å². The molecule has 5 rings (SSSR count). The molecule has 31 heavy (non-hydrogen) atoms. The number of pyridine rings is 3. The van der Waals surface area contributed by atoms with Gasteiger partial charge in [-0.2, -0.15) is 0 Å². The maximum Gasteiger partial charge on any atom is 0.264 e. The molecule has 1 fully saturated rings. The average molecular weight is 437 g/mol. The van der Waals surface area contributed by atoms with Gasteiger partial charge in [0.1, 0.15) is 0 Å². The van der Waals surface area contributed by atoms with Gasteiger partial charge in [0, 0.05) is 43.6 Å². The summed E-state index contributed by atoms with van der Waals surface area (Å²) in [4.78, 5) is 33.1. The molecule has 7 nitrogen and oxygen atoms in total. The Hall–Kier alpha value is -3.00. The van der Waals surface area contributed by atoms with E-state index in [-0.39, 0.29) is 11.1 Å². The van der Waals surface area contributed by atoms with Crippen molar-refractivity contribution in [3.05, 3.63) is 80.6 Å². The van der Waals surface area contributed by atoms with Crippen molar-refractivity contribution in [3.8, 4) is 5.69 Å². The van der Waals surface area contributed by atoms with Gasteiger partial charge in [-0.25, -0.2) is 4.98 Å². The van der Waals surface area contributed by atoms with E-state index in [0.717, 1.165) is 32.8 Å². The van der Waals surface area contributed by atoms with Crippen LogP contribution in [0, 0.1) is 0 Å². The molecule has 3 aromatic heterocycles. The first kappa shape index (κ1) is 19.9. The molecular weight excluding hydrogens is 416 g/mol. The molecule has 0 atom stereocenters. The number of benzene rings is 1. The zero-order valence-electron chi connectivity index (χ0n) is 16.8. The van der Waals surface area contributed by atoms with Crippen LogP contribution < -0.4 is 11.1 Å². The lowest BCUT2D eigenvalue weighted by atomic mass is 10.2. The molecule has 1 saturated heterocycles. The second-order valence-electron chi connectivity index (χ2n) is 7.59. The zero-order chi connectivity index (χ0) is 21.4. The van der Waals surface area contributed by atoms with Gasteiger partial charge in [0.25, 0.3) is 11.1 Å². The fourth-order valence-corrected chi connectivity index (χ4v) is 4.13. The van der Waals surface area contributed by atoms with E-state index in [9.17, 15) is 9.59 Å². The molecule has 4 heterocycles. The highest BCUT2D eigenvalue weighted by atomic mass is 35.5. The van der Waals surface area contributed by atoms with Crippen LogP contribution in [0.1, 0.15) is 0 Å². The highest BCUT2D eigenvalue weighted by molar-refractivity contribution is 6.30. The molecule has 0 aliphatic carbocycles. The minimum absolute atomic E-state index is 0.141. The van der Waals surface area contributed by atoms with Crippen LogP contribution in [0.25, 0.3) is 27.5 Å². The van der Waals surface area contributed by atoms with E-state index in [1.165, 1.54) is 4.57 Å². The SMILES string of the molecule is O=c1c2cc3c(=O)n(-c4cccc(Cl)c4)ccc3nc2ccn1CCN1CCOCC1. The first-order valence-corrected chi connectivity index (χ1v) is 10.6. The fourth-order valence-electron chi connectivity index (χ4n) is 3.94. The maximum atomic E-state index is 13.2. The van der Waals surface area contributed by atoms with Gasteiger partial charge in [0.15, 0.2) is 0 Å². The second-order valence-corrected chi connectivity index (χ2v) is 8.03. The molecule has 4 aromatic rings. The van der Waals surface area contributed by atoms with E-state index in [1.807, 2.05) is 12.1 Å². The van der Waals surface area contributed by atoms with Crippen LogP contribution in [0.2, 0.25) is 5.02 Å². The van der Waals surface area contributed by atoms with Crippen molar-refractivity contribution in [1.29, 1.82) is 0 Å². The molecule has 0 amide bonds. The number of rotatable bonds is 4. The lowest BCUT2D eigenvalue weighted by Crippen LogP contribution is -2.39. The van der Waals surface area contributed by atoms with Crippen LogP contribution in [0.5, 0.6) is 0 Å². The topological polar surface area (TPSA) is 69.4 Å². The lowest BCUT2D eigenvalue weighted by molar-refractivity contribution is 0.0363. The molecule has 1 aromatic carbocycles.